The number of furan rings is 1. The van der Waals surface area contributed by atoms with E-state index in [4.69, 9.17) is 14.0 Å². The van der Waals surface area contributed by atoms with Crippen LogP contribution in [0.25, 0.3) is 76.9 Å². The van der Waals surface area contributed by atoms with E-state index in [2.05, 4.69) is 6.07 Å². The number of rotatable bonds is 6. The molecule has 0 unspecified atom stereocenters. The predicted molar refractivity (Wildman–Crippen MR) is 220 cm³/mol. The topological polar surface area (TPSA) is 16.4 Å². The van der Waals surface area contributed by atoms with Gasteiger partial charge in [0.1, 0.15) is 11.2 Å². The number of hydrogen-bond acceptors (Lipinski definition) is 2. The molecule has 0 saturated heterocycles. The van der Waals surface area contributed by atoms with E-state index in [-0.39, 0.29) is 22.0 Å². The SMILES string of the molecule is [2H]c1c([2H])c(N(c2ccc(-c3ccccc3)cc2)c2ccccc2-c2cccc3c2oc2c4ccccc4ccc32)c([2H])c([2H])c1-c1c([2H])c([2H])c([2H])c2c([2H])c([2H])c([2H])c([2H])c12. The van der Waals surface area contributed by atoms with Gasteiger partial charge >= 0.3 is 0 Å². The maximum atomic E-state index is 9.68. The van der Waals surface area contributed by atoms with Crippen molar-refractivity contribution < 1.29 is 19.5 Å². The Labute approximate surface area is 317 Å². The molecule has 244 valence electrons. The summed E-state index contributed by atoms with van der Waals surface area (Å²) in [5.74, 6) is 0. The van der Waals surface area contributed by atoms with Crippen molar-refractivity contribution in [1.82, 2.24) is 0 Å². The van der Waals surface area contributed by atoms with Crippen LogP contribution in [0, 0.1) is 0 Å². The standard InChI is InChI=1S/C50H33NO/c1-2-12-34(13-3-1)35-24-29-39(30-25-35)51(40-31-26-38(27-32-40)42-20-10-16-36-14-4-6-17-41(36)42)48-23-9-8-19-44(48)45-21-11-22-46-47-33-28-37-15-5-7-18-43(37)49(47)52-50(45)46/h1-33H/i4D,6D,10D,14D,16D,17D,20D,26D,27D,31D,32D. The van der Waals surface area contributed by atoms with Gasteiger partial charge in [-0.2, -0.15) is 0 Å². The van der Waals surface area contributed by atoms with Crippen LogP contribution in [-0.4, -0.2) is 0 Å². The van der Waals surface area contributed by atoms with E-state index in [1.54, 1.807) is 4.90 Å². The summed E-state index contributed by atoms with van der Waals surface area (Å²) in [7, 11) is 0. The maximum absolute atomic E-state index is 9.68. The second kappa shape index (κ2) is 12.5. The van der Waals surface area contributed by atoms with Crippen molar-refractivity contribution in [2.45, 2.75) is 0 Å². The normalized spacial score (nSPS) is 14.4. The zero-order valence-corrected chi connectivity index (χ0v) is 27.6. The molecule has 10 aromatic rings. The number of para-hydroxylation sites is 2. The predicted octanol–water partition coefficient (Wildman–Crippen LogP) is 14.4. The van der Waals surface area contributed by atoms with Gasteiger partial charge in [0.15, 0.2) is 0 Å². The fraction of sp³-hybridized carbons (Fsp3) is 0. The summed E-state index contributed by atoms with van der Waals surface area (Å²) in [6.45, 7) is 0. The fourth-order valence-electron chi connectivity index (χ4n) is 7.00. The van der Waals surface area contributed by atoms with Crippen LogP contribution in [0.5, 0.6) is 0 Å². The first-order chi connectivity index (χ1) is 30.4. The lowest BCUT2D eigenvalue weighted by atomic mass is 9.97. The average molecular weight is 675 g/mol. The van der Waals surface area contributed by atoms with E-state index in [0.717, 1.165) is 43.8 Å². The minimum absolute atomic E-state index is 0.127. The van der Waals surface area contributed by atoms with Crippen molar-refractivity contribution in [3.05, 3.63) is 200 Å². The lowest BCUT2D eigenvalue weighted by Crippen LogP contribution is -2.11. The first-order valence-corrected chi connectivity index (χ1v) is 16.9. The molecule has 10 rings (SSSR count). The van der Waals surface area contributed by atoms with Crippen LogP contribution in [0.15, 0.2) is 204 Å². The van der Waals surface area contributed by atoms with Crippen molar-refractivity contribution in [1.29, 1.82) is 0 Å². The van der Waals surface area contributed by atoms with E-state index in [1.165, 1.54) is 0 Å². The number of fused-ring (bicyclic) bond motifs is 6. The van der Waals surface area contributed by atoms with Crippen LogP contribution in [-0.2, 0) is 0 Å². The molecule has 0 atom stereocenters. The summed E-state index contributed by atoms with van der Waals surface area (Å²) >= 11 is 0. The first-order valence-electron chi connectivity index (χ1n) is 22.4. The molecule has 0 spiro atoms. The van der Waals surface area contributed by atoms with Crippen LogP contribution < -0.4 is 4.90 Å². The van der Waals surface area contributed by atoms with Crippen LogP contribution in [0.4, 0.5) is 17.1 Å². The third-order valence-corrected chi connectivity index (χ3v) is 9.45. The van der Waals surface area contributed by atoms with Gasteiger partial charge in [-0.25, -0.2) is 0 Å². The molecule has 0 saturated carbocycles. The highest BCUT2D eigenvalue weighted by Crippen LogP contribution is 2.45. The van der Waals surface area contributed by atoms with E-state index >= 15 is 0 Å². The number of benzene rings is 9. The van der Waals surface area contributed by atoms with E-state index in [0.29, 0.717) is 22.5 Å². The second-order valence-electron chi connectivity index (χ2n) is 12.4. The molecular formula is C50H33NO. The zero-order valence-electron chi connectivity index (χ0n) is 38.6. The summed E-state index contributed by atoms with van der Waals surface area (Å²) in [6, 6.07) is 36.1. The highest BCUT2D eigenvalue weighted by molar-refractivity contribution is 6.17. The summed E-state index contributed by atoms with van der Waals surface area (Å²) in [5, 5.41) is 3.14. The molecule has 2 nitrogen and oxygen atoms in total. The van der Waals surface area contributed by atoms with Crippen molar-refractivity contribution in [3.63, 3.8) is 0 Å². The summed E-state index contributed by atoms with van der Waals surface area (Å²) in [4.78, 5) is 1.67. The highest BCUT2D eigenvalue weighted by atomic mass is 16.3. The Morgan fingerprint density at radius 1 is 0.365 bits per heavy atom. The smallest absolute Gasteiger partial charge is 0.143 e. The molecular weight excluding hydrogens is 631 g/mol. The third-order valence-electron chi connectivity index (χ3n) is 9.45. The lowest BCUT2D eigenvalue weighted by Gasteiger charge is -2.28. The van der Waals surface area contributed by atoms with Crippen molar-refractivity contribution in [3.8, 4) is 33.4 Å². The van der Waals surface area contributed by atoms with E-state index in [9.17, 15) is 5.48 Å². The van der Waals surface area contributed by atoms with Gasteiger partial charge in [-0.1, -0.05) is 164 Å². The minimum atomic E-state index is -0.676. The van der Waals surface area contributed by atoms with Gasteiger partial charge in [-0.05, 0) is 74.8 Å². The Hall–Kier alpha value is -6.90. The van der Waals surface area contributed by atoms with Gasteiger partial charge in [0, 0.05) is 38.7 Å². The molecule has 0 aliphatic rings. The number of nitrogens with zero attached hydrogens (tertiary/aromatic N) is 1. The average Bonchev–Trinajstić information content (AvgIpc) is 3.71. The molecule has 1 aromatic heterocycles. The molecule has 52 heavy (non-hydrogen) atoms. The first kappa shape index (κ1) is 20.7. The fourth-order valence-corrected chi connectivity index (χ4v) is 7.00. The van der Waals surface area contributed by atoms with Gasteiger partial charge in [-0.15, -0.1) is 0 Å². The molecule has 0 radical (unpaired) electrons. The summed E-state index contributed by atoms with van der Waals surface area (Å²) < 4.78 is 106. The highest BCUT2D eigenvalue weighted by Gasteiger charge is 2.21. The van der Waals surface area contributed by atoms with Crippen molar-refractivity contribution in [2.24, 2.45) is 0 Å². The molecule has 0 amide bonds. The minimum Gasteiger partial charge on any atom is -0.455 e. The van der Waals surface area contributed by atoms with Crippen molar-refractivity contribution >= 4 is 60.5 Å². The van der Waals surface area contributed by atoms with Gasteiger partial charge in [0.2, 0.25) is 0 Å². The molecule has 1 heterocycles. The third kappa shape index (κ3) is 5.04. The lowest BCUT2D eigenvalue weighted by molar-refractivity contribution is 0.674. The Kier molecular flexibility index (Phi) is 4.96. The van der Waals surface area contributed by atoms with Crippen LogP contribution >= 0.6 is 0 Å². The van der Waals surface area contributed by atoms with Crippen LogP contribution in [0.3, 0.4) is 0 Å². The molecule has 0 N–H and O–H groups in total. The molecule has 0 aliphatic carbocycles. The number of anilines is 3. The second-order valence-corrected chi connectivity index (χ2v) is 12.4. The van der Waals surface area contributed by atoms with Crippen LogP contribution in [0.2, 0.25) is 0 Å². The van der Waals surface area contributed by atoms with E-state index in [1.807, 2.05) is 127 Å². The van der Waals surface area contributed by atoms with Gasteiger partial charge in [-0.3, -0.25) is 0 Å². The summed E-state index contributed by atoms with van der Waals surface area (Å²) in [6.07, 6.45) is 0. The van der Waals surface area contributed by atoms with Gasteiger partial charge < -0.3 is 9.32 Å². The molecule has 0 bridgehead atoms. The molecule has 9 aromatic carbocycles. The zero-order chi connectivity index (χ0) is 44.0. The molecule has 0 fully saturated rings. The Balaban J connectivity index is 1.26. The Morgan fingerprint density at radius 2 is 1.06 bits per heavy atom. The quantitative estimate of drug-likeness (QED) is 0.175. The monoisotopic (exact) mass is 674 g/mol. The summed E-state index contributed by atoms with van der Waals surface area (Å²) in [5.41, 5.74) is 4.69. The molecule has 0 aliphatic heterocycles. The largest absolute Gasteiger partial charge is 0.455 e. The van der Waals surface area contributed by atoms with E-state index < -0.39 is 72.0 Å². The van der Waals surface area contributed by atoms with Gasteiger partial charge in [0.25, 0.3) is 0 Å². The Morgan fingerprint density at radius 3 is 1.94 bits per heavy atom. The Bertz CT molecular complexity index is 3500. The molecule has 2 heteroatoms. The van der Waals surface area contributed by atoms with Gasteiger partial charge in [0.05, 0.1) is 20.8 Å². The van der Waals surface area contributed by atoms with Crippen LogP contribution in [0.1, 0.15) is 15.1 Å². The number of hydrogen-bond donors (Lipinski definition) is 0. The maximum Gasteiger partial charge on any atom is 0.143 e. The van der Waals surface area contributed by atoms with Crippen molar-refractivity contribution in [2.75, 3.05) is 4.90 Å².